The summed E-state index contributed by atoms with van der Waals surface area (Å²) < 4.78 is 11.2. The molecule has 0 aliphatic rings. The van der Waals surface area contributed by atoms with Crippen molar-refractivity contribution in [2.75, 3.05) is 18.5 Å². The molecule has 118 valence electrons. The summed E-state index contributed by atoms with van der Waals surface area (Å²) in [5, 5.41) is 4.04. The number of hydrogen-bond donors (Lipinski definition) is 1. The molecule has 0 saturated carbocycles. The van der Waals surface area contributed by atoms with Crippen molar-refractivity contribution in [2.24, 2.45) is 0 Å². The van der Waals surface area contributed by atoms with Crippen molar-refractivity contribution in [2.45, 2.75) is 27.3 Å². The average molecular weight is 320 g/mol. The van der Waals surface area contributed by atoms with Crippen LogP contribution in [-0.4, -0.2) is 13.2 Å². The largest absolute Gasteiger partial charge is 0.490 e. The number of halogens is 1. The highest BCUT2D eigenvalue weighted by Crippen LogP contribution is 2.34. The molecule has 2 aromatic rings. The molecule has 0 aliphatic heterocycles. The first-order valence-electron chi connectivity index (χ1n) is 7.52. The highest BCUT2D eigenvalue weighted by atomic mass is 35.5. The topological polar surface area (TPSA) is 30.5 Å². The lowest BCUT2D eigenvalue weighted by atomic mass is 10.1. The zero-order valence-electron chi connectivity index (χ0n) is 13.3. The van der Waals surface area contributed by atoms with Gasteiger partial charge in [0.1, 0.15) is 0 Å². The summed E-state index contributed by atoms with van der Waals surface area (Å²) in [5.41, 5.74) is 3.28. The Hall–Kier alpha value is -1.87. The van der Waals surface area contributed by atoms with Gasteiger partial charge in [0.25, 0.3) is 0 Å². The Balaban J connectivity index is 2.15. The van der Waals surface area contributed by atoms with Gasteiger partial charge in [-0.15, -0.1) is 0 Å². The fourth-order valence-electron chi connectivity index (χ4n) is 2.12. The minimum Gasteiger partial charge on any atom is -0.490 e. The first-order valence-corrected chi connectivity index (χ1v) is 7.90. The second kappa shape index (κ2) is 7.95. The standard InChI is InChI=1S/C18H22ClNO2/c1-4-21-17-10-14(16(19)11-18(17)22-5-2)12-20-15-8-6-13(3)7-9-15/h6-11,20H,4-5,12H2,1-3H3. The summed E-state index contributed by atoms with van der Waals surface area (Å²) in [5.74, 6) is 1.42. The summed E-state index contributed by atoms with van der Waals surface area (Å²) in [6.07, 6.45) is 0. The Morgan fingerprint density at radius 1 is 0.955 bits per heavy atom. The average Bonchev–Trinajstić information content (AvgIpc) is 2.50. The van der Waals surface area contributed by atoms with Crippen molar-refractivity contribution in [1.82, 2.24) is 0 Å². The summed E-state index contributed by atoms with van der Waals surface area (Å²) in [6, 6.07) is 12.0. The van der Waals surface area contributed by atoms with Crippen LogP contribution in [-0.2, 0) is 6.54 Å². The normalized spacial score (nSPS) is 10.4. The van der Waals surface area contributed by atoms with Crippen LogP contribution in [0.3, 0.4) is 0 Å². The molecule has 0 heterocycles. The molecule has 0 aromatic heterocycles. The second-order valence-electron chi connectivity index (χ2n) is 4.98. The highest BCUT2D eigenvalue weighted by molar-refractivity contribution is 6.31. The van der Waals surface area contributed by atoms with Crippen LogP contribution in [0.15, 0.2) is 36.4 Å². The van der Waals surface area contributed by atoms with Crippen molar-refractivity contribution >= 4 is 17.3 Å². The van der Waals surface area contributed by atoms with Crippen molar-refractivity contribution in [1.29, 1.82) is 0 Å². The van der Waals surface area contributed by atoms with E-state index in [1.807, 2.05) is 26.0 Å². The van der Waals surface area contributed by atoms with Gasteiger partial charge in [0.15, 0.2) is 11.5 Å². The molecule has 0 fully saturated rings. The van der Waals surface area contributed by atoms with E-state index in [0.717, 1.165) is 17.0 Å². The molecular formula is C18H22ClNO2. The number of aryl methyl sites for hydroxylation is 1. The molecule has 0 atom stereocenters. The SMILES string of the molecule is CCOc1cc(Cl)c(CNc2ccc(C)cc2)cc1OCC. The number of nitrogens with one attached hydrogen (secondary N) is 1. The second-order valence-corrected chi connectivity index (χ2v) is 5.38. The van der Waals surface area contributed by atoms with E-state index >= 15 is 0 Å². The maximum atomic E-state index is 6.35. The van der Waals surface area contributed by atoms with Crippen molar-refractivity contribution in [3.8, 4) is 11.5 Å². The maximum absolute atomic E-state index is 6.35. The molecule has 0 spiro atoms. The van der Waals surface area contributed by atoms with Crippen molar-refractivity contribution in [3.05, 3.63) is 52.5 Å². The lowest BCUT2D eigenvalue weighted by Crippen LogP contribution is -2.03. The summed E-state index contributed by atoms with van der Waals surface area (Å²) >= 11 is 6.35. The molecule has 4 heteroatoms. The molecule has 1 N–H and O–H groups in total. The van der Waals surface area contributed by atoms with E-state index in [-0.39, 0.29) is 0 Å². The molecule has 2 rings (SSSR count). The lowest BCUT2D eigenvalue weighted by molar-refractivity contribution is 0.287. The smallest absolute Gasteiger partial charge is 0.162 e. The number of hydrogen-bond acceptors (Lipinski definition) is 3. The Kier molecular flexibility index (Phi) is 5.96. The predicted molar refractivity (Wildman–Crippen MR) is 92.3 cm³/mol. The fraction of sp³-hybridized carbons (Fsp3) is 0.333. The lowest BCUT2D eigenvalue weighted by Gasteiger charge is -2.15. The van der Waals surface area contributed by atoms with Gasteiger partial charge in [-0.3, -0.25) is 0 Å². The highest BCUT2D eigenvalue weighted by Gasteiger charge is 2.11. The first-order chi connectivity index (χ1) is 10.6. The minimum atomic E-state index is 0.581. The molecule has 22 heavy (non-hydrogen) atoms. The van der Waals surface area contributed by atoms with E-state index < -0.39 is 0 Å². The third kappa shape index (κ3) is 4.31. The van der Waals surface area contributed by atoms with Gasteiger partial charge in [-0.25, -0.2) is 0 Å². The van der Waals surface area contributed by atoms with E-state index in [1.165, 1.54) is 5.56 Å². The van der Waals surface area contributed by atoms with E-state index in [2.05, 4.69) is 36.5 Å². The van der Waals surface area contributed by atoms with Gasteiger partial charge in [-0.2, -0.15) is 0 Å². The molecule has 0 radical (unpaired) electrons. The number of benzene rings is 2. The van der Waals surface area contributed by atoms with Gasteiger partial charge in [0.05, 0.1) is 13.2 Å². The van der Waals surface area contributed by atoms with Crippen LogP contribution in [0.4, 0.5) is 5.69 Å². The Bertz CT molecular complexity index is 611. The minimum absolute atomic E-state index is 0.581. The van der Waals surface area contributed by atoms with E-state index in [4.69, 9.17) is 21.1 Å². The van der Waals surface area contributed by atoms with Crippen LogP contribution in [0.1, 0.15) is 25.0 Å². The number of anilines is 1. The van der Waals surface area contributed by atoms with E-state index in [9.17, 15) is 0 Å². The zero-order chi connectivity index (χ0) is 15.9. The molecule has 0 unspecified atom stereocenters. The Morgan fingerprint density at radius 2 is 1.55 bits per heavy atom. The van der Waals surface area contributed by atoms with Crippen LogP contribution in [0.5, 0.6) is 11.5 Å². The zero-order valence-corrected chi connectivity index (χ0v) is 14.0. The third-order valence-corrected chi connectivity index (χ3v) is 3.60. The number of ether oxygens (including phenoxy) is 2. The van der Waals surface area contributed by atoms with Gasteiger partial charge >= 0.3 is 0 Å². The van der Waals surface area contributed by atoms with Crippen LogP contribution in [0.2, 0.25) is 5.02 Å². The summed E-state index contributed by atoms with van der Waals surface area (Å²) in [7, 11) is 0. The van der Waals surface area contributed by atoms with Crippen molar-refractivity contribution in [3.63, 3.8) is 0 Å². The van der Waals surface area contributed by atoms with Gasteiger partial charge in [0.2, 0.25) is 0 Å². The third-order valence-electron chi connectivity index (χ3n) is 3.25. The van der Waals surface area contributed by atoms with Crippen LogP contribution < -0.4 is 14.8 Å². The van der Waals surface area contributed by atoms with Crippen molar-refractivity contribution < 1.29 is 9.47 Å². The Morgan fingerprint density at radius 3 is 2.14 bits per heavy atom. The quantitative estimate of drug-likeness (QED) is 0.774. The molecule has 0 aliphatic carbocycles. The molecule has 3 nitrogen and oxygen atoms in total. The molecule has 0 saturated heterocycles. The van der Waals surface area contributed by atoms with Gasteiger partial charge < -0.3 is 14.8 Å². The van der Waals surface area contributed by atoms with Crippen LogP contribution >= 0.6 is 11.6 Å². The predicted octanol–water partition coefficient (Wildman–Crippen LogP) is 5.06. The van der Waals surface area contributed by atoms with Gasteiger partial charge in [0, 0.05) is 23.3 Å². The van der Waals surface area contributed by atoms with Crippen LogP contribution in [0.25, 0.3) is 0 Å². The molecule has 2 aromatic carbocycles. The Labute approximate surface area is 137 Å². The van der Waals surface area contributed by atoms with E-state index in [0.29, 0.717) is 30.5 Å². The first kappa shape index (κ1) is 16.5. The summed E-state index contributed by atoms with van der Waals surface area (Å²) in [4.78, 5) is 0. The van der Waals surface area contributed by atoms with E-state index in [1.54, 1.807) is 0 Å². The van der Waals surface area contributed by atoms with Crippen LogP contribution in [0, 0.1) is 6.92 Å². The van der Waals surface area contributed by atoms with Gasteiger partial charge in [-0.05, 0) is 44.5 Å². The molecule has 0 amide bonds. The number of rotatable bonds is 7. The molecular weight excluding hydrogens is 298 g/mol. The molecule has 0 bridgehead atoms. The van der Waals surface area contributed by atoms with Gasteiger partial charge in [-0.1, -0.05) is 29.3 Å². The fourth-order valence-corrected chi connectivity index (χ4v) is 2.34. The monoisotopic (exact) mass is 319 g/mol. The summed E-state index contributed by atoms with van der Waals surface area (Å²) in [6.45, 7) is 7.77. The maximum Gasteiger partial charge on any atom is 0.162 e.